The molecule has 1 aromatic heterocycles. The number of ether oxygens (including phenoxy) is 1. The van der Waals surface area contributed by atoms with Gasteiger partial charge in [-0.3, -0.25) is 19.0 Å². The molecule has 6 atom stereocenters. The predicted molar refractivity (Wildman–Crippen MR) is 106 cm³/mol. The molecule has 0 spiro atoms. The Morgan fingerprint density at radius 1 is 1.00 bits per heavy atom. The van der Waals surface area contributed by atoms with Crippen LogP contribution in [0.3, 0.4) is 0 Å². The average Bonchev–Trinajstić information content (AvgIpc) is 2.96. The van der Waals surface area contributed by atoms with E-state index in [0.717, 1.165) is 25.0 Å². The van der Waals surface area contributed by atoms with Crippen LogP contribution in [0.2, 0.25) is 0 Å². The summed E-state index contributed by atoms with van der Waals surface area (Å²) in [5.74, 6) is 0.940. The Hall–Kier alpha value is -2.15. The van der Waals surface area contributed by atoms with Crippen molar-refractivity contribution in [2.45, 2.75) is 44.2 Å². The van der Waals surface area contributed by atoms with Gasteiger partial charge in [-0.25, -0.2) is 0 Å². The molecule has 0 aromatic carbocycles. The lowest BCUT2D eigenvalue weighted by Crippen LogP contribution is -2.57. The number of rotatable bonds is 2. The highest BCUT2D eigenvalue weighted by molar-refractivity contribution is 5.82. The Kier molecular flexibility index (Phi) is 4.53. The summed E-state index contributed by atoms with van der Waals surface area (Å²) in [4.78, 5) is 42.5. The Morgan fingerprint density at radius 2 is 1.69 bits per heavy atom. The summed E-state index contributed by atoms with van der Waals surface area (Å²) >= 11 is 0. The highest BCUT2D eigenvalue weighted by atomic mass is 16.5. The SMILES string of the molecule is COC1[C@@H]2CC[C@H]1CN(C(=O)[C@H]1[C@H]3C[C@H](CN(C(C)=O)C3)c3cccc(=O)n31)C2. The molecule has 3 fully saturated rings. The number of hydrogen-bond acceptors (Lipinski definition) is 4. The molecule has 2 saturated heterocycles. The molecule has 4 heterocycles. The Bertz CT molecular complexity index is 882. The number of piperidine rings is 2. The van der Waals surface area contributed by atoms with Crippen LogP contribution in [0, 0.1) is 17.8 Å². The zero-order valence-electron chi connectivity index (χ0n) is 17.1. The van der Waals surface area contributed by atoms with Crippen LogP contribution in [-0.2, 0) is 14.3 Å². The van der Waals surface area contributed by atoms with Crippen molar-refractivity contribution >= 4 is 11.8 Å². The lowest BCUT2D eigenvalue weighted by molar-refractivity contribution is -0.145. The number of amides is 2. The topological polar surface area (TPSA) is 71.8 Å². The fourth-order valence-corrected chi connectivity index (χ4v) is 6.43. The van der Waals surface area contributed by atoms with Crippen molar-refractivity contribution in [2.75, 3.05) is 33.3 Å². The summed E-state index contributed by atoms with van der Waals surface area (Å²) in [5, 5.41) is 0. The molecule has 1 aliphatic carbocycles. The van der Waals surface area contributed by atoms with E-state index < -0.39 is 6.04 Å². The average molecular weight is 399 g/mol. The van der Waals surface area contributed by atoms with Crippen molar-refractivity contribution in [3.63, 3.8) is 0 Å². The van der Waals surface area contributed by atoms with E-state index in [0.29, 0.717) is 38.0 Å². The maximum absolute atomic E-state index is 13.8. The quantitative estimate of drug-likeness (QED) is 0.750. The Balaban J connectivity index is 1.50. The van der Waals surface area contributed by atoms with Crippen LogP contribution in [0.25, 0.3) is 0 Å². The first-order valence-corrected chi connectivity index (χ1v) is 10.8. The summed E-state index contributed by atoms with van der Waals surface area (Å²) in [6.45, 7) is 4.16. The third kappa shape index (κ3) is 2.93. The second-order valence-corrected chi connectivity index (χ2v) is 9.26. The molecule has 5 rings (SSSR count). The van der Waals surface area contributed by atoms with Gasteiger partial charge < -0.3 is 14.5 Å². The van der Waals surface area contributed by atoms with Crippen LogP contribution < -0.4 is 5.56 Å². The number of carbonyl (C=O) groups is 2. The number of likely N-dealkylation sites (tertiary alicyclic amines) is 2. The molecule has 7 heteroatoms. The Morgan fingerprint density at radius 3 is 2.34 bits per heavy atom. The van der Waals surface area contributed by atoms with Crippen molar-refractivity contribution in [2.24, 2.45) is 17.8 Å². The number of hydrogen-bond donors (Lipinski definition) is 0. The molecule has 156 valence electrons. The second-order valence-electron chi connectivity index (χ2n) is 9.26. The van der Waals surface area contributed by atoms with Crippen molar-refractivity contribution in [3.05, 3.63) is 34.2 Å². The first-order valence-electron chi connectivity index (χ1n) is 10.8. The summed E-state index contributed by atoms with van der Waals surface area (Å²) < 4.78 is 7.43. The number of fused-ring (bicyclic) bond motifs is 6. The summed E-state index contributed by atoms with van der Waals surface area (Å²) in [6, 6.07) is 4.75. The first-order chi connectivity index (χ1) is 14.0. The molecule has 4 bridgehead atoms. The molecule has 2 amide bonds. The lowest BCUT2D eigenvalue weighted by atomic mass is 9.77. The highest BCUT2D eigenvalue weighted by Crippen LogP contribution is 2.44. The van der Waals surface area contributed by atoms with Crippen LogP contribution in [0.1, 0.15) is 43.8 Å². The van der Waals surface area contributed by atoms with Gasteiger partial charge in [0.15, 0.2) is 0 Å². The maximum Gasteiger partial charge on any atom is 0.251 e. The van der Waals surface area contributed by atoms with Crippen LogP contribution in [0.5, 0.6) is 0 Å². The van der Waals surface area contributed by atoms with Gasteiger partial charge in [-0.1, -0.05) is 6.07 Å². The molecule has 4 aliphatic rings. The third-order valence-corrected chi connectivity index (χ3v) is 7.68. The van der Waals surface area contributed by atoms with Crippen LogP contribution in [0.4, 0.5) is 0 Å². The lowest BCUT2D eigenvalue weighted by Gasteiger charge is -2.48. The highest BCUT2D eigenvalue weighted by Gasteiger charge is 2.49. The van der Waals surface area contributed by atoms with E-state index in [4.69, 9.17) is 4.74 Å². The monoisotopic (exact) mass is 399 g/mol. The molecule has 29 heavy (non-hydrogen) atoms. The number of pyridine rings is 1. The van der Waals surface area contributed by atoms with Crippen molar-refractivity contribution in [1.82, 2.24) is 14.4 Å². The van der Waals surface area contributed by atoms with Gasteiger partial charge in [-0.2, -0.15) is 0 Å². The predicted octanol–water partition coefficient (Wildman–Crippen LogP) is 1.24. The molecular weight excluding hydrogens is 370 g/mol. The van der Waals surface area contributed by atoms with Gasteiger partial charge in [0.2, 0.25) is 11.8 Å². The summed E-state index contributed by atoms with van der Waals surface area (Å²) in [7, 11) is 1.77. The maximum atomic E-state index is 13.8. The van der Waals surface area contributed by atoms with Gasteiger partial charge in [0.1, 0.15) is 6.04 Å². The van der Waals surface area contributed by atoms with E-state index in [1.807, 2.05) is 15.9 Å². The minimum atomic E-state index is -0.518. The van der Waals surface area contributed by atoms with Gasteiger partial charge in [-0.15, -0.1) is 0 Å². The first kappa shape index (κ1) is 18.9. The molecule has 0 N–H and O–H groups in total. The van der Waals surface area contributed by atoms with E-state index in [9.17, 15) is 14.4 Å². The number of carbonyl (C=O) groups excluding carboxylic acids is 2. The van der Waals surface area contributed by atoms with Crippen LogP contribution >= 0.6 is 0 Å². The van der Waals surface area contributed by atoms with Crippen LogP contribution in [0.15, 0.2) is 23.0 Å². The van der Waals surface area contributed by atoms with Crippen molar-refractivity contribution in [3.8, 4) is 0 Å². The molecule has 1 aromatic rings. The van der Waals surface area contributed by atoms with E-state index in [1.54, 1.807) is 30.7 Å². The standard InChI is InChI=1S/C22H29N3O4/c1-13(26)23-11-16-8-17(12-23)20(25-18(16)4-3-5-19(25)27)22(28)24-9-14-6-7-15(10-24)21(14)29-2/h3-5,14-17,20-21H,6-12H2,1-2H3/t14-,15+,16-,17+,20-,21?/m1/s1. The molecular formula is C22H29N3O4. The van der Waals surface area contributed by atoms with E-state index in [-0.39, 0.29) is 35.3 Å². The zero-order valence-corrected chi connectivity index (χ0v) is 17.1. The molecule has 1 unspecified atom stereocenters. The summed E-state index contributed by atoms with van der Waals surface area (Å²) in [5.41, 5.74) is 0.786. The van der Waals surface area contributed by atoms with E-state index in [2.05, 4.69) is 0 Å². The fourth-order valence-electron chi connectivity index (χ4n) is 6.43. The number of aromatic nitrogens is 1. The van der Waals surface area contributed by atoms with Gasteiger partial charge in [0.25, 0.3) is 5.56 Å². The van der Waals surface area contributed by atoms with Gasteiger partial charge in [0, 0.05) is 75.6 Å². The normalized spacial score (nSPS) is 35.4. The van der Waals surface area contributed by atoms with E-state index >= 15 is 0 Å². The Labute approximate surface area is 170 Å². The molecule has 3 aliphatic heterocycles. The fraction of sp³-hybridized carbons (Fsp3) is 0.682. The largest absolute Gasteiger partial charge is 0.381 e. The molecule has 7 nitrogen and oxygen atoms in total. The van der Waals surface area contributed by atoms with Gasteiger partial charge >= 0.3 is 0 Å². The van der Waals surface area contributed by atoms with Crippen LogP contribution in [-0.4, -0.2) is 65.6 Å². The smallest absolute Gasteiger partial charge is 0.251 e. The zero-order chi connectivity index (χ0) is 20.3. The molecule has 0 radical (unpaired) electrons. The summed E-state index contributed by atoms with van der Waals surface area (Å²) in [6.07, 6.45) is 3.29. The minimum absolute atomic E-state index is 0.0180. The second kappa shape index (κ2) is 6.97. The van der Waals surface area contributed by atoms with Gasteiger partial charge in [-0.05, 0) is 25.3 Å². The van der Waals surface area contributed by atoms with Crippen molar-refractivity contribution in [1.29, 1.82) is 0 Å². The third-order valence-electron chi connectivity index (χ3n) is 7.68. The molecule has 1 saturated carbocycles. The van der Waals surface area contributed by atoms with E-state index in [1.165, 1.54) is 0 Å². The minimum Gasteiger partial charge on any atom is -0.381 e. The van der Waals surface area contributed by atoms with Crippen molar-refractivity contribution < 1.29 is 14.3 Å². The number of methoxy groups -OCH3 is 1. The van der Waals surface area contributed by atoms with Gasteiger partial charge in [0.05, 0.1) is 6.10 Å². The number of nitrogens with zero attached hydrogens (tertiary/aromatic N) is 3.